The van der Waals surface area contributed by atoms with E-state index in [4.69, 9.17) is 0 Å². The SMILES string of the molecule is O=C1NC(=Nc2ccc(Br)cc2)SC1=Cc1ccccc1F. The Hall–Kier alpha value is -1.92. The summed E-state index contributed by atoms with van der Waals surface area (Å²) < 4.78 is 14.6. The number of halogens is 2. The number of hydrogen-bond donors (Lipinski definition) is 1. The molecule has 1 N–H and O–H groups in total. The van der Waals surface area contributed by atoms with Crippen molar-refractivity contribution in [2.24, 2.45) is 4.99 Å². The van der Waals surface area contributed by atoms with Gasteiger partial charge < -0.3 is 5.32 Å². The summed E-state index contributed by atoms with van der Waals surface area (Å²) in [6.07, 6.45) is 1.53. The highest BCUT2D eigenvalue weighted by Gasteiger charge is 2.24. The van der Waals surface area contributed by atoms with Crippen LogP contribution in [-0.2, 0) is 4.79 Å². The Kier molecular flexibility index (Phi) is 4.40. The molecule has 6 heteroatoms. The zero-order valence-corrected chi connectivity index (χ0v) is 13.6. The number of carbonyl (C=O) groups is 1. The van der Waals surface area contributed by atoms with E-state index in [0.29, 0.717) is 15.6 Å². The van der Waals surface area contributed by atoms with Crippen molar-refractivity contribution in [1.29, 1.82) is 0 Å². The number of nitrogens with zero attached hydrogens (tertiary/aromatic N) is 1. The van der Waals surface area contributed by atoms with Crippen LogP contribution in [0.3, 0.4) is 0 Å². The van der Waals surface area contributed by atoms with E-state index >= 15 is 0 Å². The summed E-state index contributed by atoms with van der Waals surface area (Å²) in [4.78, 5) is 16.7. The van der Waals surface area contributed by atoms with Gasteiger partial charge in [-0.05, 0) is 48.2 Å². The lowest BCUT2D eigenvalue weighted by Gasteiger charge is -1.97. The van der Waals surface area contributed by atoms with Gasteiger partial charge in [0.2, 0.25) is 0 Å². The van der Waals surface area contributed by atoms with Gasteiger partial charge in [-0.3, -0.25) is 4.79 Å². The second kappa shape index (κ2) is 6.46. The van der Waals surface area contributed by atoms with Crippen LogP contribution in [0.2, 0.25) is 0 Å². The van der Waals surface area contributed by atoms with E-state index in [-0.39, 0.29) is 11.7 Å². The lowest BCUT2D eigenvalue weighted by Crippen LogP contribution is -2.19. The summed E-state index contributed by atoms with van der Waals surface area (Å²) in [5.74, 6) is -0.634. The minimum Gasteiger partial charge on any atom is -0.300 e. The molecule has 3 rings (SSSR count). The molecular weight excluding hydrogens is 367 g/mol. The molecule has 0 atom stereocenters. The number of thioether (sulfide) groups is 1. The summed E-state index contributed by atoms with van der Waals surface area (Å²) in [7, 11) is 0. The third-order valence-electron chi connectivity index (χ3n) is 2.90. The fraction of sp³-hybridized carbons (Fsp3) is 0. The minimum atomic E-state index is -0.360. The zero-order chi connectivity index (χ0) is 15.5. The number of amides is 1. The van der Waals surface area contributed by atoms with E-state index in [1.54, 1.807) is 18.2 Å². The Morgan fingerprint density at radius 3 is 2.59 bits per heavy atom. The molecule has 0 saturated carbocycles. The highest BCUT2D eigenvalue weighted by atomic mass is 79.9. The van der Waals surface area contributed by atoms with Crippen LogP contribution in [-0.4, -0.2) is 11.1 Å². The van der Waals surface area contributed by atoms with E-state index in [1.165, 1.54) is 23.9 Å². The molecule has 1 aliphatic rings. The molecule has 22 heavy (non-hydrogen) atoms. The number of aliphatic imine (C=N–C) groups is 1. The molecule has 110 valence electrons. The molecule has 1 aliphatic heterocycles. The summed E-state index contributed by atoms with van der Waals surface area (Å²) >= 11 is 4.55. The first-order valence-corrected chi connectivity index (χ1v) is 8.02. The van der Waals surface area contributed by atoms with Crippen LogP contribution in [0.25, 0.3) is 6.08 Å². The van der Waals surface area contributed by atoms with E-state index < -0.39 is 0 Å². The van der Waals surface area contributed by atoms with Gasteiger partial charge in [-0.15, -0.1) is 0 Å². The molecule has 1 heterocycles. The van der Waals surface area contributed by atoms with E-state index in [2.05, 4.69) is 26.2 Å². The van der Waals surface area contributed by atoms with Crippen LogP contribution in [0.4, 0.5) is 10.1 Å². The molecule has 0 aliphatic carbocycles. The fourth-order valence-electron chi connectivity index (χ4n) is 1.85. The molecule has 1 saturated heterocycles. The predicted octanol–water partition coefficient (Wildman–Crippen LogP) is 4.48. The number of carbonyl (C=O) groups excluding carboxylic acids is 1. The average Bonchev–Trinajstić information content (AvgIpc) is 2.84. The summed E-state index contributed by atoms with van der Waals surface area (Å²) in [6, 6.07) is 13.7. The predicted molar refractivity (Wildman–Crippen MR) is 91.3 cm³/mol. The van der Waals surface area contributed by atoms with Crippen LogP contribution < -0.4 is 5.32 Å². The Bertz CT molecular complexity index is 787. The number of nitrogens with one attached hydrogen (secondary N) is 1. The fourth-order valence-corrected chi connectivity index (χ4v) is 2.94. The van der Waals surface area contributed by atoms with Crippen molar-refractivity contribution in [1.82, 2.24) is 5.32 Å². The molecule has 2 aromatic rings. The Labute approximate surface area is 139 Å². The first-order chi connectivity index (χ1) is 10.6. The van der Waals surface area contributed by atoms with Gasteiger partial charge in [-0.2, -0.15) is 0 Å². The van der Waals surface area contributed by atoms with Crippen LogP contribution in [0, 0.1) is 5.82 Å². The van der Waals surface area contributed by atoms with Gasteiger partial charge in [-0.25, -0.2) is 9.38 Å². The number of rotatable bonds is 2. The van der Waals surface area contributed by atoms with Crippen LogP contribution in [0.15, 0.2) is 62.9 Å². The van der Waals surface area contributed by atoms with Gasteiger partial charge in [0.25, 0.3) is 5.91 Å². The molecular formula is C16H10BrFN2OS. The summed E-state index contributed by atoms with van der Waals surface area (Å²) in [6.45, 7) is 0. The second-order valence-electron chi connectivity index (χ2n) is 4.48. The topological polar surface area (TPSA) is 41.5 Å². The monoisotopic (exact) mass is 376 g/mol. The first-order valence-electron chi connectivity index (χ1n) is 6.41. The molecule has 0 aromatic heterocycles. The van der Waals surface area contributed by atoms with E-state index in [0.717, 1.165) is 10.2 Å². The normalized spacial score (nSPS) is 18.0. The third kappa shape index (κ3) is 3.45. The van der Waals surface area contributed by atoms with Crippen molar-refractivity contribution in [3.05, 3.63) is 69.3 Å². The summed E-state index contributed by atoms with van der Waals surface area (Å²) in [5.41, 5.74) is 1.11. The Balaban J connectivity index is 1.84. The van der Waals surface area contributed by atoms with Gasteiger partial charge in [-0.1, -0.05) is 34.1 Å². The van der Waals surface area contributed by atoms with Gasteiger partial charge in [0, 0.05) is 10.0 Å². The molecule has 0 spiro atoms. The maximum absolute atomic E-state index is 13.6. The number of hydrogen-bond acceptors (Lipinski definition) is 3. The highest BCUT2D eigenvalue weighted by Crippen LogP contribution is 2.28. The third-order valence-corrected chi connectivity index (χ3v) is 4.34. The smallest absolute Gasteiger partial charge is 0.264 e. The molecule has 2 aromatic carbocycles. The van der Waals surface area contributed by atoms with Gasteiger partial charge >= 0.3 is 0 Å². The Morgan fingerprint density at radius 1 is 1.14 bits per heavy atom. The second-order valence-corrected chi connectivity index (χ2v) is 6.43. The van der Waals surface area contributed by atoms with Crippen LogP contribution in [0.1, 0.15) is 5.56 Å². The highest BCUT2D eigenvalue weighted by molar-refractivity contribution is 9.10. The van der Waals surface area contributed by atoms with Crippen molar-refractivity contribution in [3.63, 3.8) is 0 Å². The van der Waals surface area contributed by atoms with Gasteiger partial charge in [0.1, 0.15) is 5.82 Å². The van der Waals surface area contributed by atoms with Crippen LogP contribution in [0.5, 0.6) is 0 Å². The maximum Gasteiger partial charge on any atom is 0.264 e. The zero-order valence-electron chi connectivity index (χ0n) is 11.2. The first kappa shape index (κ1) is 15.0. The van der Waals surface area contributed by atoms with Gasteiger partial charge in [0.15, 0.2) is 5.17 Å². The number of benzene rings is 2. The molecule has 3 nitrogen and oxygen atoms in total. The molecule has 1 fully saturated rings. The lowest BCUT2D eigenvalue weighted by atomic mass is 10.2. The lowest BCUT2D eigenvalue weighted by molar-refractivity contribution is -0.115. The standard InChI is InChI=1S/C16H10BrFN2OS/c17-11-5-7-12(8-6-11)19-16-20-15(21)14(22-16)9-10-3-1-2-4-13(10)18/h1-9H,(H,19,20,21). The summed E-state index contributed by atoms with van der Waals surface area (Å²) in [5, 5.41) is 3.16. The minimum absolute atomic E-state index is 0.274. The van der Waals surface area contributed by atoms with Crippen molar-refractivity contribution in [2.75, 3.05) is 0 Å². The quantitative estimate of drug-likeness (QED) is 0.785. The van der Waals surface area contributed by atoms with Crippen molar-refractivity contribution >= 4 is 50.5 Å². The molecule has 1 amide bonds. The van der Waals surface area contributed by atoms with Crippen molar-refractivity contribution in [3.8, 4) is 0 Å². The largest absolute Gasteiger partial charge is 0.300 e. The molecule has 0 radical (unpaired) electrons. The Morgan fingerprint density at radius 2 is 1.86 bits per heavy atom. The van der Waals surface area contributed by atoms with Crippen molar-refractivity contribution < 1.29 is 9.18 Å². The maximum atomic E-state index is 13.6. The van der Waals surface area contributed by atoms with Crippen LogP contribution >= 0.6 is 27.7 Å². The van der Waals surface area contributed by atoms with E-state index in [1.807, 2.05) is 24.3 Å². The number of amidine groups is 1. The average molecular weight is 377 g/mol. The van der Waals surface area contributed by atoms with Gasteiger partial charge in [0.05, 0.1) is 10.6 Å². The molecule has 0 bridgehead atoms. The molecule has 0 unspecified atom stereocenters. The van der Waals surface area contributed by atoms with Crippen molar-refractivity contribution in [2.45, 2.75) is 0 Å². The van der Waals surface area contributed by atoms with E-state index in [9.17, 15) is 9.18 Å².